The smallest absolute Gasteiger partial charge is 0.0680 e. The van der Waals surface area contributed by atoms with Crippen molar-refractivity contribution in [3.63, 3.8) is 0 Å². The largest absolute Gasteiger partial charge is 0.330 e. The summed E-state index contributed by atoms with van der Waals surface area (Å²) in [5.74, 6) is 0.635. The van der Waals surface area contributed by atoms with Gasteiger partial charge in [-0.1, -0.05) is 53.9 Å². The van der Waals surface area contributed by atoms with Crippen LogP contribution in [0, 0.1) is 11.3 Å². The Kier molecular flexibility index (Phi) is 7.61. The molecule has 0 bridgehead atoms. The molecule has 15 heavy (non-hydrogen) atoms. The summed E-state index contributed by atoms with van der Waals surface area (Å²) in [6.45, 7) is 11.3. The quantitative estimate of drug-likeness (QED) is 0.435. The van der Waals surface area contributed by atoms with Gasteiger partial charge in [0.05, 0.1) is 8.46 Å². The molecular weight excluding hydrogens is 203 g/mol. The maximum atomic E-state index is 11.4. The van der Waals surface area contributed by atoms with Crippen molar-refractivity contribution in [2.24, 2.45) is 11.3 Å². The summed E-state index contributed by atoms with van der Waals surface area (Å²) in [6, 6.07) is 0. The molecule has 1 nitrogen and oxygen atoms in total. The number of rotatable bonds is 8. The summed E-state index contributed by atoms with van der Waals surface area (Å²) in [5.41, 5.74) is 0.735. The van der Waals surface area contributed by atoms with E-state index in [0.29, 0.717) is 11.6 Å². The van der Waals surface area contributed by atoms with Crippen LogP contribution in [-0.4, -0.2) is 5.66 Å². The van der Waals surface area contributed by atoms with Crippen LogP contribution in [0.3, 0.4) is 0 Å². The third-order valence-corrected chi connectivity index (χ3v) is 5.63. The lowest BCUT2D eigenvalue weighted by Crippen LogP contribution is -2.33. The summed E-state index contributed by atoms with van der Waals surface area (Å²) >= 11 is 0. The molecule has 0 heterocycles. The lowest BCUT2D eigenvalue weighted by molar-refractivity contribution is 0.190. The van der Waals surface area contributed by atoms with E-state index in [1.165, 1.54) is 19.3 Å². The summed E-state index contributed by atoms with van der Waals surface area (Å²) in [5, 5.41) is 0. The lowest BCUT2D eigenvalue weighted by Gasteiger charge is -2.38. The maximum Gasteiger partial charge on any atom is 0.0680 e. The second kappa shape index (κ2) is 7.49. The van der Waals surface area contributed by atoms with Crippen LogP contribution >= 0.6 is 8.46 Å². The Balaban J connectivity index is 4.40. The predicted molar refractivity (Wildman–Crippen MR) is 71.6 cm³/mol. The Morgan fingerprint density at radius 1 is 1.20 bits per heavy atom. The fourth-order valence-corrected chi connectivity index (χ4v) is 3.57. The zero-order valence-corrected chi connectivity index (χ0v) is 12.3. The monoisotopic (exact) mass is 232 g/mol. The first-order chi connectivity index (χ1) is 7.02. The van der Waals surface area contributed by atoms with Crippen molar-refractivity contribution in [3.8, 4) is 0 Å². The van der Waals surface area contributed by atoms with E-state index in [1.54, 1.807) is 0 Å². The minimum absolute atomic E-state index is 0.283. The van der Waals surface area contributed by atoms with Crippen LogP contribution in [0.25, 0.3) is 0 Å². The van der Waals surface area contributed by atoms with Crippen molar-refractivity contribution in [1.82, 2.24) is 0 Å². The zero-order chi connectivity index (χ0) is 11.9. The van der Waals surface area contributed by atoms with Crippen molar-refractivity contribution in [1.29, 1.82) is 0 Å². The molecule has 0 rings (SSSR count). The average Bonchev–Trinajstić information content (AvgIpc) is 2.23. The molecule has 0 aromatic rings. The highest BCUT2D eigenvalue weighted by molar-refractivity contribution is 7.24. The van der Waals surface area contributed by atoms with Crippen LogP contribution in [0.15, 0.2) is 0 Å². The highest BCUT2D eigenvalue weighted by atomic mass is 31.1. The highest BCUT2D eigenvalue weighted by Gasteiger charge is 2.34. The SMILES string of the molecule is CCCCCC([PH2]=O)C(C)(CC)C(C)C. The molecule has 0 aromatic heterocycles. The number of hydrogen-bond acceptors (Lipinski definition) is 1. The van der Waals surface area contributed by atoms with E-state index in [9.17, 15) is 4.57 Å². The van der Waals surface area contributed by atoms with Gasteiger partial charge in [-0.25, -0.2) is 0 Å². The fraction of sp³-hybridized carbons (Fsp3) is 1.00. The van der Waals surface area contributed by atoms with Gasteiger partial charge >= 0.3 is 0 Å². The van der Waals surface area contributed by atoms with Gasteiger partial charge in [-0.15, -0.1) is 0 Å². The molecule has 0 aromatic carbocycles. The molecule has 0 radical (unpaired) electrons. The third kappa shape index (κ3) is 4.31. The first-order valence-corrected chi connectivity index (χ1v) is 7.62. The van der Waals surface area contributed by atoms with Crippen LogP contribution < -0.4 is 0 Å². The number of unbranched alkanes of at least 4 members (excludes halogenated alkanes) is 2. The van der Waals surface area contributed by atoms with Crippen molar-refractivity contribution in [3.05, 3.63) is 0 Å². The second-order valence-electron chi connectivity index (χ2n) is 5.25. The fourth-order valence-electron chi connectivity index (χ4n) is 2.27. The molecule has 0 N–H and O–H groups in total. The number of hydrogen-bond donors (Lipinski definition) is 0. The molecule has 0 spiro atoms. The van der Waals surface area contributed by atoms with Crippen LogP contribution in [0.4, 0.5) is 0 Å². The highest BCUT2D eigenvalue weighted by Crippen LogP contribution is 2.42. The Bertz CT molecular complexity index is 179. The summed E-state index contributed by atoms with van der Waals surface area (Å²) in [7, 11) is -0.623. The minimum atomic E-state index is -0.623. The summed E-state index contributed by atoms with van der Waals surface area (Å²) in [4.78, 5) is 0. The first-order valence-electron chi connectivity index (χ1n) is 6.48. The molecule has 0 saturated heterocycles. The molecule has 3 atom stereocenters. The Hall–Kier alpha value is 0.230. The molecule has 0 fully saturated rings. The van der Waals surface area contributed by atoms with E-state index in [4.69, 9.17) is 0 Å². The Morgan fingerprint density at radius 2 is 1.80 bits per heavy atom. The van der Waals surface area contributed by atoms with Gasteiger partial charge in [-0.2, -0.15) is 0 Å². The van der Waals surface area contributed by atoms with E-state index < -0.39 is 8.46 Å². The summed E-state index contributed by atoms with van der Waals surface area (Å²) in [6.07, 6.45) is 6.10. The van der Waals surface area contributed by atoms with E-state index in [-0.39, 0.29) is 5.41 Å². The topological polar surface area (TPSA) is 17.1 Å². The van der Waals surface area contributed by atoms with Gasteiger partial charge in [0.2, 0.25) is 0 Å². The van der Waals surface area contributed by atoms with Gasteiger partial charge in [0.25, 0.3) is 0 Å². The van der Waals surface area contributed by atoms with Crippen molar-refractivity contribution >= 4 is 8.46 Å². The van der Waals surface area contributed by atoms with Gasteiger partial charge in [0, 0.05) is 5.66 Å². The third-order valence-electron chi connectivity index (χ3n) is 4.21. The van der Waals surface area contributed by atoms with E-state index in [0.717, 1.165) is 12.8 Å². The zero-order valence-electron chi connectivity index (χ0n) is 11.2. The lowest BCUT2D eigenvalue weighted by atomic mass is 9.72. The molecule has 92 valence electrons. The van der Waals surface area contributed by atoms with Gasteiger partial charge in [-0.05, 0) is 24.2 Å². The molecule has 0 amide bonds. The predicted octanol–water partition coefficient (Wildman–Crippen LogP) is 4.76. The van der Waals surface area contributed by atoms with Gasteiger partial charge in [0.15, 0.2) is 0 Å². The van der Waals surface area contributed by atoms with E-state index in [1.807, 2.05) is 0 Å². The molecule has 0 aliphatic heterocycles. The van der Waals surface area contributed by atoms with Crippen molar-refractivity contribution < 1.29 is 4.57 Å². The average molecular weight is 232 g/mol. The summed E-state index contributed by atoms with van der Waals surface area (Å²) < 4.78 is 11.4. The standard InChI is InChI=1S/C13H29OP/c1-6-8-9-10-12(15-14)13(5,7-2)11(3)4/h11-12H,6-10,15H2,1-5H3. The molecule has 0 aliphatic rings. The van der Waals surface area contributed by atoms with Gasteiger partial charge in [0.1, 0.15) is 0 Å². The molecule has 2 heteroatoms. The normalized spacial score (nSPS) is 18.5. The molecule has 0 saturated carbocycles. The molecular formula is C13H29OP. The van der Waals surface area contributed by atoms with E-state index >= 15 is 0 Å². The van der Waals surface area contributed by atoms with Gasteiger partial charge in [-0.3, -0.25) is 0 Å². The van der Waals surface area contributed by atoms with Crippen LogP contribution in [0.1, 0.15) is 66.7 Å². The van der Waals surface area contributed by atoms with Crippen LogP contribution in [0.5, 0.6) is 0 Å². The maximum absolute atomic E-state index is 11.4. The minimum Gasteiger partial charge on any atom is -0.330 e. The van der Waals surface area contributed by atoms with Crippen molar-refractivity contribution in [2.45, 2.75) is 72.4 Å². The van der Waals surface area contributed by atoms with Crippen molar-refractivity contribution in [2.75, 3.05) is 0 Å². The van der Waals surface area contributed by atoms with Crippen LogP contribution in [-0.2, 0) is 4.57 Å². The van der Waals surface area contributed by atoms with Gasteiger partial charge < -0.3 is 4.57 Å². The van der Waals surface area contributed by atoms with Crippen LogP contribution in [0.2, 0.25) is 0 Å². The molecule has 0 aliphatic carbocycles. The Morgan fingerprint density at radius 3 is 2.13 bits per heavy atom. The Labute approximate surface area is 97.2 Å². The molecule has 3 unspecified atom stereocenters. The van der Waals surface area contributed by atoms with E-state index in [2.05, 4.69) is 34.6 Å². The second-order valence-corrected chi connectivity index (χ2v) is 6.33. The first kappa shape index (κ1) is 15.2.